The number of H-pyrrole nitrogens is 1. The Kier molecular flexibility index (Phi) is 5.74. The van der Waals surface area contributed by atoms with Crippen LogP contribution in [0.25, 0.3) is 33.6 Å². The molecule has 2 aromatic carbocycles. The van der Waals surface area contributed by atoms with E-state index in [1.54, 1.807) is 30.6 Å². The van der Waals surface area contributed by atoms with Crippen molar-refractivity contribution < 1.29 is 18.1 Å². The minimum absolute atomic E-state index is 0.157. The Morgan fingerprint density at radius 3 is 2.27 bits per heavy atom. The summed E-state index contributed by atoms with van der Waals surface area (Å²) in [7, 11) is 0. The first-order valence-electron chi connectivity index (χ1n) is 9.19. The van der Waals surface area contributed by atoms with Crippen molar-refractivity contribution in [2.45, 2.75) is 5.25 Å². The molecule has 0 aliphatic heterocycles. The zero-order valence-electron chi connectivity index (χ0n) is 15.7. The third-order valence-corrected chi connectivity index (χ3v) is 5.52. The van der Waals surface area contributed by atoms with Gasteiger partial charge in [0.05, 0.1) is 11.3 Å². The van der Waals surface area contributed by atoms with Gasteiger partial charge in [-0.2, -0.15) is 0 Å². The summed E-state index contributed by atoms with van der Waals surface area (Å²) in [6.07, 6.45) is 3.36. The molecule has 30 heavy (non-hydrogen) atoms. The van der Waals surface area contributed by atoms with Crippen LogP contribution in [0, 0.1) is 11.6 Å². The molecule has 0 aliphatic carbocycles. The Morgan fingerprint density at radius 2 is 1.63 bits per heavy atom. The van der Waals surface area contributed by atoms with E-state index in [2.05, 4.69) is 9.97 Å². The van der Waals surface area contributed by atoms with Crippen molar-refractivity contribution in [3.05, 3.63) is 90.3 Å². The van der Waals surface area contributed by atoms with E-state index >= 15 is 0 Å². The molecular formula is C23H17F2N2O2S+. The van der Waals surface area contributed by atoms with Gasteiger partial charge in [0.25, 0.3) is 5.25 Å². The Hall–Kier alpha value is -3.29. The van der Waals surface area contributed by atoms with Crippen molar-refractivity contribution in [3.8, 4) is 33.6 Å². The van der Waals surface area contributed by atoms with Gasteiger partial charge < -0.3 is 10.1 Å². The molecule has 1 unspecified atom stereocenters. The van der Waals surface area contributed by atoms with Crippen LogP contribution in [0.5, 0.6) is 0 Å². The number of aliphatic hydroxyl groups is 1. The first-order chi connectivity index (χ1) is 14.6. The van der Waals surface area contributed by atoms with Gasteiger partial charge in [0.2, 0.25) is 0 Å². The summed E-state index contributed by atoms with van der Waals surface area (Å²) in [5.74, 6) is -0.887. The lowest BCUT2D eigenvalue weighted by Gasteiger charge is -2.05. The number of nitrogens with one attached hydrogen (secondary N) is 1. The number of nitrogens with zero attached hydrogens (tertiary/aromatic N) is 1. The summed E-state index contributed by atoms with van der Waals surface area (Å²) in [5.41, 5.74) is 4.76. The van der Waals surface area contributed by atoms with Crippen molar-refractivity contribution in [1.29, 1.82) is 0 Å². The summed E-state index contributed by atoms with van der Waals surface area (Å²) in [5, 5.41) is 8.42. The second-order valence-corrected chi connectivity index (χ2v) is 7.48. The van der Waals surface area contributed by atoms with E-state index in [1.807, 2.05) is 18.2 Å². The first-order valence-corrected chi connectivity index (χ1v) is 10.00. The molecule has 4 aromatic rings. The minimum atomic E-state index is -0.857. The highest BCUT2D eigenvalue weighted by molar-refractivity contribution is 7.65. The van der Waals surface area contributed by atoms with E-state index in [9.17, 15) is 18.1 Å². The maximum atomic E-state index is 14.6. The molecule has 0 bridgehead atoms. The summed E-state index contributed by atoms with van der Waals surface area (Å²) in [4.78, 5) is 7.36. The third-order valence-electron chi connectivity index (χ3n) is 4.88. The van der Waals surface area contributed by atoms with Gasteiger partial charge in [-0.1, -0.05) is 6.07 Å². The molecule has 0 fully saturated rings. The lowest BCUT2D eigenvalue weighted by molar-refractivity contribution is 0.292. The lowest BCUT2D eigenvalue weighted by Crippen LogP contribution is -2.04. The van der Waals surface area contributed by atoms with Crippen molar-refractivity contribution >= 4 is 11.7 Å². The zero-order valence-corrected chi connectivity index (χ0v) is 16.5. The highest BCUT2D eigenvalue weighted by Gasteiger charge is 2.27. The average Bonchev–Trinajstić information content (AvgIpc) is 3.22. The van der Waals surface area contributed by atoms with Crippen LogP contribution >= 0.6 is 0 Å². The molecule has 2 N–H and O–H groups in total. The zero-order chi connectivity index (χ0) is 21.1. The van der Waals surface area contributed by atoms with E-state index < -0.39 is 17.7 Å². The van der Waals surface area contributed by atoms with Crippen molar-refractivity contribution in [2.24, 2.45) is 0 Å². The number of hydrogen-bond donors (Lipinski definition) is 2. The van der Waals surface area contributed by atoms with Gasteiger partial charge in [0.15, 0.2) is 0 Å². The topological polar surface area (TPSA) is 66.0 Å². The van der Waals surface area contributed by atoms with E-state index in [4.69, 9.17) is 0 Å². The number of aliphatic hydroxyl groups excluding tert-OH is 1. The number of pyridine rings is 1. The van der Waals surface area contributed by atoms with Gasteiger partial charge in [-0.15, -0.1) is 0 Å². The van der Waals surface area contributed by atoms with Crippen LogP contribution in [0.15, 0.2) is 73.1 Å². The predicted molar refractivity (Wildman–Crippen MR) is 113 cm³/mol. The SMILES string of the molecule is O=[S+]C(CO)c1ccc(-c2cc(-c3ccncc3)c(-c3ccc(F)cc3)[nH]2)cc1F. The maximum Gasteiger partial charge on any atom is 0.469 e. The van der Waals surface area contributed by atoms with Crippen LogP contribution < -0.4 is 0 Å². The van der Waals surface area contributed by atoms with Crippen LogP contribution in [0.3, 0.4) is 0 Å². The smallest absolute Gasteiger partial charge is 0.390 e. The van der Waals surface area contributed by atoms with Crippen LogP contribution in [0.2, 0.25) is 0 Å². The number of aromatic nitrogens is 2. The Morgan fingerprint density at radius 1 is 0.933 bits per heavy atom. The van der Waals surface area contributed by atoms with Crippen molar-refractivity contribution in [2.75, 3.05) is 6.61 Å². The van der Waals surface area contributed by atoms with Crippen molar-refractivity contribution in [1.82, 2.24) is 9.97 Å². The molecular weight excluding hydrogens is 406 g/mol. The lowest BCUT2D eigenvalue weighted by atomic mass is 10.0. The fourth-order valence-corrected chi connectivity index (χ4v) is 3.71. The molecule has 0 aliphatic rings. The first kappa shape index (κ1) is 20.0. The maximum absolute atomic E-state index is 14.6. The van der Waals surface area contributed by atoms with E-state index in [0.717, 1.165) is 22.4 Å². The number of aromatic amines is 1. The largest absolute Gasteiger partial charge is 0.469 e. The molecule has 2 aromatic heterocycles. The summed E-state index contributed by atoms with van der Waals surface area (Å²) in [6, 6.07) is 16.3. The molecule has 4 rings (SSSR count). The van der Waals surface area contributed by atoms with E-state index in [0.29, 0.717) is 11.3 Å². The molecule has 0 spiro atoms. The molecule has 4 nitrogen and oxygen atoms in total. The Bertz CT molecular complexity index is 1180. The molecule has 0 saturated heterocycles. The predicted octanol–water partition coefficient (Wildman–Crippen LogP) is 5.15. The van der Waals surface area contributed by atoms with Crippen LogP contribution in [0.1, 0.15) is 10.8 Å². The Balaban J connectivity index is 1.83. The molecule has 0 radical (unpaired) electrons. The highest BCUT2D eigenvalue weighted by atomic mass is 32.1. The number of benzene rings is 2. The minimum Gasteiger partial charge on any atom is -0.390 e. The molecule has 2 heterocycles. The fourth-order valence-electron chi connectivity index (χ4n) is 3.35. The normalized spacial score (nSPS) is 12.0. The second kappa shape index (κ2) is 8.61. The van der Waals surface area contributed by atoms with Crippen molar-refractivity contribution in [3.63, 3.8) is 0 Å². The molecule has 0 saturated carbocycles. The summed E-state index contributed by atoms with van der Waals surface area (Å²) in [6.45, 7) is -0.437. The number of rotatable bonds is 6. The second-order valence-electron chi connectivity index (χ2n) is 6.72. The number of halogens is 2. The number of hydrogen-bond acceptors (Lipinski definition) is 3. The van der Waals surface area contributed by atoms with Crippen LogP contribution in [0.4, 0.5) is 8.78 Å². The highest BCUT2D eigenvalue weighted by Crippen LogP contribution is 2.36. The third kappa shape index (κ3) is 3.90. The van der Waals surface area contributed by atoms with E-state index in [-0.39, 0.29) is 23.0 Å². The molecule has 7 heteroatoms. The van der Waals surface area contributed by atoms with Gasteiger partial charge in [-0.25, -0.2) is 8.78 Å². The van der Waals surface area contributed by atoms with Crippen LogP contribution in [-0.4, -0.2) is 21.7 Å². The monoisotopic (exact) mass is 423 g/mol. The summed E-state index contributed by atoms with van der Waals surface area (Å²) >= 11 is 0.157. The van der Waals surface area contributed by atoms with Gasteiger partial charge in [0, 0.05) is 33.4 Å². The molecule has 1 atom stereocenters. The van der Waals surface area contributed by atoms with E-state index in [1.165, 1.54) is 24.3 Å². The molecule has 0 amide bonds. The fraction of sp³-hybridized carbons (Fsp3) is 0.0870. The molecule has 150 valence electrons. The quantitative estimate of drug-likeness (QED) is 0.422. The standard InChI is InChI=1S/C23H17F2N2O2S/c24-17-4-1-15(2-5-17)23-19(14-7-9-26-10-8-14)12-21(27-23)16-3-6-18(20(25)11-16)22(13-28)30-29/h1-12,22,27-28H,13H2/q+1. The Labute approximate surface area is 175 Å². The van der Waals surface area contributed by atoms with Gasteiger partial charge in [0.1, 0.15) is 18.2 Å². The average molecular weight is 423 g/mol. The van der Waals surface area contributed by atoms with Gasteiger partial charge >= 0.3 is 11.7 Å². The van der Waals surface area contributed by atoms with Gasteiger partial charge in [-0.05, 0) is 65.7 Å². The summed E-state index contributed by atoms with van der Waals surface area (Å²) < 4.78 is 39.1. The van der Waals surface area contributed by atoms with Gasteiger partial charge in [-0.3, -0.25) is 4.98 Å². The van der Waals surface area contributed by atoms with Crippen LogP contribution in [-0.2, 0) is 15.9 Å².